The Labute approximate surface area is 167 Å². The highest BCUT2D eigenvalue weighted by atomic mass is 16.2. The summed E-state index contributed by atoms with van der Waals surface area (Å²) in [5.74, 6) is -0.432. The smallest absolute Gasteiger partial charge is 0.251 e. The maximum Gasteiger partial charge on any atom is 0.251 e. The van der Waals surface area contributed by atoms with Gasteiger partial charge in [-0.1, -0.05) is 32.9 Å². The van der Waals surface area contributed by atoms with Crippen LogP contribution in [0.3, 0.4) is 0 Å². The molecule has 6 heteroatoms. The van der Waals surface area contributed by atoms with Crippen molar-refractivity contribution in [1.82, 2.24) is 20.4 Å². The average Bonchev–Trinajstić information content (AvgIpc) is 2.95. The average molecular weight is 385 g/mol. The maximum atomic E-state index is 12.4. The Morgan fingerprint density at radius 2 is 1.79 bits per heavy atom. The first kappa shape index (κ1) is 21.7. The van der Waals surface area contributed by atoms with Crippen LogP contribution < -0.4 is 10.6 Å². The summed E-state index contributed by atoms with van der Waals surface area (Å²) in [4.78, 5) is 24.6. The Balaban J connectivity index is 1.78. The third-order valence-corrected chi connectivity index (χ3v) is 4.70. The van der Waals surface area contributed by atoms with Gasteiger partial charge in [0.05, 0.1) is 5.69 Å². The van der Waals surface area contributed by atoms with E-state index in [4.69, 9.17) is 0 Å². The number of carbonyl (C=O) groups is 2. The molecule has 6 nitrogen and oxygen atoms in total. The largest absolute Gasteiger partial charge is 0.354 e. The van der Waals surface area contributed by atoms with E-state index in [2.05, 4.69) is 36.5 Å². The van der Waals surface area contributed by atoms with Crippen molar-refractivity contribution in [1.29, 1.82) is 0 Å². The van der Waals surface area contributed by atoms with Gasteiger partial charge in [-0.15, -0.1) is 0 Å². The van der Waals surface area contributed by atoms with Crippen LogP contribution in [0, 0.1) is 13.8 Å². The molecule has 0 saturated heterocycles. The van der Waals surface area contributed by atoms with Crippen LogP contribution in [0.4, 0.5) is 0 Å². The van der Waals surface area contributed by atoms with Crippen LogP contribution in [-0.2, 0) is 16.8 Å². The molecule has 2 N–H and O–H groups in total. The van der Waals surface area contributed by atoms with E-state index in [1.165, 1.54) is 0 Å². The molecule has 1 atom stereocenters. The summed E-state index contributed by atoms with van der Waals surface area (Å²) in [6.45, 7) is 13.3. The van der Waals surface area contributed by atoms with Gasteiger partial charge in [0.25, 0.3) is 5.91 Å². The van der Waals surface area contributed by atoms with Crippen molar-refractivity contribution in [2.24, 2.45) is 0 Å². The first-order chi connectivity index (χ1) is 13.1. The van der Waals surface area contributed by atoms with Crippen LogP contribution in [-0.4, -0.2) is 34.2 Å². The van der Waals surface area contributed by atoms with Gasteiger partial charge in [0.15, 0.2) is 0 Å². The Bertz CT molecular complexity index is 816. The number of carbonyl (C=O) groups excluding carboxylic acids is 2. The molecule has 1 heterocycles. The third-order valence-electron chi connectivity index (χ3n) is 4.70. The predicted octanol–water partition coefficient (Wildman–Crippen LogP) is 3.12. The Morgan fingerprint density at radius 1 is 1.14 bits per heavy atom. The fourth-order valence-electron chi connectivity index (χ4n) is 2.96. The summed E-state index contributed by atoms with van der Waals surface area (Å²) < 4.78 is 1.94. The van der Waals surface area contributed by atoms with Gasteiger partial charge in [-0.05, 0) is 56.4 Å². The van der Waals surface area contributed by atoms with Gasteiger partial charge in [0.2, 0.25) is 5.91 Å². The van der Waals surface area contributed by atoms with Crippen LogP contribution in [0.5, 0.6) is 0 Å². The molecule has 0 spiro atoms. The van der Waals surface area contributed by atoms with E-state index in [0.717, 1.165) is 29.9 Å². The lowest BCUT2D eigenvalue weighted by molar-refractivity contribution is -0.122. The summed E-state index contributed by atoms with van der Waals surface area (Å²) in [5, 5.41) is 10.0. The van der Waals surface area contributed by atoms with Crippen molar-refractivity contribution in [2.75, 3.05) is 6.54 Å². The zero-order valence-corrected chi connectivity index (χ0v) is 17.8. The second kappa shape index (κ2) is 9.04. The number of hydrogen-bond acceptors (Lipinski definition) is 3. The molecule has 0 saturated carbocycles. The molecule has 2 aromatic rings. The number of benzene rings is 1. The number of nitrogens with one attached hydrogen (secondary N) is 2. The molecule has 152 valence electrons. The fourth-order valence-corrected chi connectivity index (χ4v) is 2.96. The van der Waals surface area contributed by atoms with Crippen molar-refractivity contribution < 1.29 is 9.59 Å². The second-order valence-corrected chi connectivity index (χ2v) is 8.32. The first-order valence-electron chi connectivity index (χ1n) is 9.78. The van der Waals surface area contributed by atoms with Crippen LogP contribution in [0.2, 0.25) is 0 Å². The molecular weight excluding hydrogens is 352 g/mol. The fraction of sp³-hybridized carbons (Fsp3) is 0.500. The highest BCUT2D eigenvalue weighted by Gasteiger charge is 2.18. The second-order valence-electron chi connectivity index (χ2n) is 8.32. The molecule has 0 aliphatic carbocycles. The molecule has 0 aliphatic heterocycles. The molecule has 2 rings (SSSR count). The number of aromatic nitrogens is 2. The lowest BCUT2D eigenvalue weighted by Gasteiger charge is -2.19. The quantitative estimate of drug-likeness (QED) is 0.720. The van der Waals surface area contributed by atoms with Crippen molar-refractivity contribution in [3.63, 3.8) is 0 Å². The summed E-state index contributed by atoms with van der Waals surface area (Å²) in [6, 6.07) is 8.95. The first-order valence-corrected chi connectivity index (χ1v) is 9.78. The molecule has 2 amide bonds. The summed E-state index contributed by atoms with van der Waals surface area (Å²) in [7, 11) is 0. The summed E-state index contributed by atoms with van der Waals surface area (Å²) in [5.41, 5.74) is 3.86. The SMILES string of the molecule is Cc1cc(C)n(CCCNC(=O)C(C)NC(=O)c2ccc(C(C)(C)C)cc2)n1. The van der Waals surface area contributed by atoms with E-state index in [0.29, 0.717) is 12.1 Å². The minimum atomic E-state index is -0.594. The van der Waals surface area contributed by atoms with Crippen LogP contribution in [0.1, 0.15) is 61.4 Å². The van der Waals surface area contributed by atoms with Gasteiger partial charge < -0.3 is 10.6 Å². The highest BCUT2D eigenvalue weighted by molar-refractivity contribution is 5.97. The summed E-state index contributed by atoms with van der Waals surface area (Å²) in [6.07, 6.45) is 0.780. The van der Waals surface area contributed by atoms with E-state index < -0.39 is 6.04 Å². The third kappa shape index (κ3) is 5.94. The molecule has 28 heavy (non-hydrogen) atoms. The standard InChI is InChI=1S/C22H32N4O2/c1-15-14-16(2)26(25-15)13-7-12-23-20(27)17(3)24-21(28)18-8-10-19(11-9-18)22(4,5)6/h8-11,14,17H,7,12-13H2,1-6H3,(H,23,27)(H,24,28). The number of amides is 2. The molecule has 0 radical (unpaired) electrons. The maximum absolute atomic E-state index is 12.4. The van der Waals surface area contributed by atoms with E-state index in [1.54, 1.807) is 19.1 Å². The normalized spacial score (nSPS) is 12.5. The van der Waals surface area contributed by atoms with E-state index >= 15 is 0 Å². The van der Waals surface area contributed by atoms with E-state index in [1.807, 2.05) is 36.7 Å². The lowest BCUT2D eigenvalue weighted by Crippen LogP contribution is -2.45. The molecular formula is C22H32N4O2. The Kier molecular flexibility index (Phi) is 7.00. The molecule has 0 bridgehead atoms. The molecule has 1 unspecified atom stereocenters. The summed E-state index contributed by atoms with van der Waals surface area (Å²) >= 11 is 0. The van der Waals surface area contributed by atoms with Crippen LogP contribution in [0.15, 0.2) is 30.3 Å². The van der Waals surface area contributed by atoms with Crippen LogP contribution >= 0.6 is 0 Å². The number of aryl methyl sites for hydroxylation is 3. The van der Waals surface area contributed by atoms with E-state index in [-0.39, 0.29) is 17.2 Å². The predicted molar refractivity (Wildman–Crippen MR) is 111 cm³/mol. The van der Waals surface area contributed by atoms with Gasteiger partial charge in [-0.2, -0.15) is 5.10 Å². The topological polar surface area (TPSA) is 76.0 Å². The lowest BCUT2D eigenvalue weighted by atomic mass is 9.86. The van der Waals surface area contributed by atoms with Crippen molar-refractivity contribution in [3.05, 3.63) is 52.8 Å². The molecule has 0 fully saturated rings. The van der Waals surface area contributed by atoms with Gasteiger partial charge >= 0.3 is 0 Å². The van der Waals surface area contributed by atoms with Crippen molar-refractivity contribution >= 4 is 11.8 Å². The zero-order chi connectivity index (χ0) is 20.9. The van der Waals surface area contributed by atoms with Gasteiger partial charge in [-0.25, -0.2) is 0 Å². The number of rotatable bonds is 7. The van der Waals surface area contributed by atoms with Crippen molar-refractivity contribution in [2.45, 2.75) is 66.0 Å². The molecule has 1 aromatic carbocycles. The monoisotopic (exact) mass is 384 g/mol. The van der Waals surface area contributed by atoms with Gasteiger partial charge in [0, 0.05) is 24.3 Å². The van der Waals surface area contributed by atoms with Gasteiger partial charge in [-0.3, -0.25) is 14.3 Å². The molecule has 1 aromatic heterocycles. The molecule has 0 aliphatic rings. The number of hydrogen-bond donors (Lipinski definition) is 2. The minimum Gasteiger partial charge on any atom is -0.354 e. The minimum absolute atomic E-state index is 0.0373. The Morgan fingerprint density at radius 3 is 2.32 bits per heavy atom. The van der Waals surface area contributed by atoms with Crippen molar-refractivity contribution in [3.8, 4) is 0 Å². The van der Waals surface area contributed by atoms with Gasteiger partial charge in [0.1, 0.15) is 6.04 Å². The van der Waals surface area contributed by atoms with Crippen LogP contribution in [0.25, 0.3) is 0 Å². The zero-order valence-electron chi connectivity index (χ0n) is 17.8. The number of nitrogens with zero attached hydrogens (tertiary/aromatic N) is 2. The Hall–Kier alpha value is -2.63. The highest BCUT2D eigenvalue weighted by Crippen LogP contribution is 2.22. The van der Waals surface area contributed by atoms with E-state index in [9.17, 15) is 9.59 Å².